The number of carbonyl (C=O) groups is 1. The molecule has 1 saturated heterocycles. The number of morpholine rings is 1. The Balaban J connectivity index is 1.89. The second-order valence-corrected chi connectivity index (χ2v) is 4.79. The van der Waals surface area contributed by atoms with Crippen LogP contribution in [0.3, 0.4) is 0 Å². The number of carbonyl (C=O) groups excluding carboxylic acids is 1. The Morgan fingerprint density at radius 3 is 3.11 bits per heavy atom. The van der Waals surface area contributed by atoms with Crippen molar-refractivity contribution in [3.05, 3.63) is 29.0 Å². The largest absolute Gasteiger partial charge is 0.482 e. The van der Waals surface area contributed by atoms with E-state index < -0.39 is 5.82 Å². The zero-order chi connectivity index (χ0) is 13.8. The average Bonchev–Trinajstić information content (AvgIpc) is 2.37. The van der Waals surface area contributed by atoms with E-state index in [0.717, 1.165) is 6.07 Å². The molecule has 1 amide bonds. The second-order valence-electron chi connectivity index (χ2n) is 4.38. The highest BCUT2D eigenvalue weighted by atomic mass is 35.5. The molecule has 0 aliphatic carbocycles. The standard InChI is InChI=1S/C13H15ClFNO3/c1-9-7-16(4-5-18-9)13(17)8-19-12-3-2-10(15)6-11(12)14/h2-3,6,9H,4-5,7-8H2,1H3/t9-/m0/s1. The molecule has 1 heterocycles. The summed E-state index contributed by atoms with van der Waals surface area (Å²) in [6.45, 7) is 3.45. The maximum atomic E-state index is 12.9. The van der Waals surface area contributed by atoms with Crippen LogP contribution in [0.15, 0.2) is 18.2 Å². The van der Waals surface area contributed by atoms with Gasteiger partial charge in [-0.15, -0.1) is 0 Å². The summed E-state index contributed by atoms with van der Waals surface area (Å²) in [5.41, 5.74) is 0. The number of amides is 1. The fourth-order valence-corrected chi connectivity index (χ4v) is 2.09. The SMILES string of the molecule is C[C@H]1CN(C(=O)COc2ccc(F)cc2Cl)CCO1. The Kier molecular flexibility index (Phi) is 4.61. The normalized spacial score (nSPS) is 19.3. The molecule has 0 spiro atoms. The first kappa shape index (κ1) is 14.1. The molecule has 0 N–H and O–H groups in total. The molecular formula is C13H15ClFNO3. The van der Waals surface area contributed by atoms with Gasteiger partial charge in [-0.3, -0.25) is 4.79 Å². The van der Waals surface area contributed by atoms with Gasteiger partial charge in [0.1, 0.15) is 11.6 Å². The van der Waals surface area contributed by atoms with Crippen molar-refractivity contribution in [1.29, 1.82) is 0 Å². The second kappa shape index (κ2) is 6.21. The molecule has 1 aromatic carbocycles. The number of hydrogen-bond acceptors (Lipinski definition) is 3. The molecule has 1 atom stereocenters. The fraction of sp³-hybridized carbons (Fsp3) is 0.462. The van der Waals surface area contributed by atoms with Gasteiger partial charge in [0.2, 0.25) is 0 Å². The van der Waals surface area contributed by atoms with Crippen LogP contribution >= 0.6 is 11.6 Å². The summed E-state index contributed by atoms with van der Waals surface area (Å²) < 4.78 is 23.5. The van der Waals surface area contributed by atoms with Gasteiger partial charge >= 0.3 is 0 Å². The Hall–Kier alpha value is -1.33. The third-order valence-corrected chi connectivity index (χ3v) is 3.13. The number of ether oxygens (including phenoxy) is 2. The molecule has 1 aliphatic heterocycles. The third-order valence-electron chi connectivity index (χ3n) is 2.84. The highest BCUT2D eigenvalue weighted by Crippen LogP contribution is 2.24. The molecular weight excluding hydrogens is 273 g/mol. The number of hydrogen-bond donors (Lipinski definition) is 0. The molecule has 4 nitrogen and oxygen atoms in total. The van der Waals surface area contributed by atoms with Crippen molar-refractivity contribution in [3.8, 4) is 5.75 Å². The van der Waals surface area contributed by atoms with Gasteiger partial charge in [-0.05, 0) is 25.1 Å². The molecule has 0 unspecified atom stereocenters. The van der Waals surface area contributed by atoms with E-state index in [0.29, 0.717) is 25.4 Å². The minimum absolute atomic E-state index is 0.0344. The molecule has 1 fully saturated rings. The number of halogens is 2. The summed E-state index contributed by atoms with van der Waals surface area (Å²) in [5, 5.41) is 0.156. The van der Waals surface area contributed by atoms with Gasteiger partial charge in [0.25, 0.3) is 5.91 Å². The lowest BCUT2D eigenvalue weighted by molar-refractivity contribution is -0.140. The van der Waals surface area contributed by atoms with Crippen molar-refractivity contribution in [2.45, 2.75) is 13.0 Å². The van der Waals surface area contributed by atoms with Gasteiger partial charge in [-0.1, -0.05) is 11.6 Å². The van der Waals surface area contributed by atoms with E-state index >= 15 is 0 Å². The molecule has 2 rings (SSSR count). The zero-order valence-corrected chi connectivity index (χ0v) is 11.3. The first-order valence-electron chi connectivity index (χ1n) is 6.03. The van der Waals surface area contributed by atoms with Crippen molar-refractivity contribution in [2.75, 3.05) is 26.3 Å². The van der Waals surface area contributed by atoms with Gasteiger partial charge in [-0.25, -0.2) is 4.39 Å². The summed E-state index contributed by atoms with van der Waals surface area (Å²) in [6.07, 6.45) is 0.0344. The van der Waals surface area contributed by atoms with Crippen LogP contribution in [0.25, 0.3) is 0 Å². The third kappa shape index (κ3) is 3.81. The monoisotopic (exact) mass is 287 g/mol. The molecule has 6 heteroatoms. The average molecular weight is 288 g/mol. The van der Waals surface area contributed by atoms with Gasteiger partial charge < -0.3 is 14.4 Å². The Morgan fingerprint density at radius 1 is 1.63 bits per heavy atom. The van der Waals surface area contributed by atoms with Crippen LogP contribution < -0.4 is 4.74 Å². The maximum absolute atomic E-state index is 12.9. The lowest BCUT2D eigenvalue weighted by atomic mass is 10.3. The van der Waals surface area contributed by atoms with E-state index in [1.807, 2.05) is 6.92 Å². The first-order chi connectivity index (χ1) is 9.06. The van der Waals surface area contributed by atoms with Crippen molar-refractivity contribution in [3.63, 3.8) is 0 Å². The number of benzene rings is 1. The van der Waals surface area contributed by atoms with E-state index in [2.05, 4.69) is 0 Å². The van der Waals surface area contributed by atoms with Crippen molar-refractivity contribution in [2.24, 2.45) is 0 Å². The molecule has 104 valence electrons. The molecule has 1 aromatic rings. The van der Waals surface area contributed by atoms with Crippen LogP contribution in [-0.2, 0) is 9.53 Å². The summed E-state index contributed by atoms with van der Waals surface area (Å²) in [6, 6.07) is 3.80. The van der Waals surface area contributed by atoms with Gasteiger partial charge in [-0.2, -0.15) is 0 Å². The van der Waals surface area contributed by atoms with E-state index in [1.165, 1.54) is 12.1 Å². The highest BCUT2D eigenvalue weighted by Gasteiger charge is 2.21. The predicted octanol–water partition coefficient (Wildman–Crippen LogP) is 2.11. The van der Waals surface area contributed by atoms with E-state index in [-0.39, 0.29) is 23.6 Å². The minimum Gasteiger partial charge on any atom is -0.482 e. The van der Waals surface area contributed by atoms with Crippen LogP contribution in [0, 0.1) is 5.82 Å². The molecule has 19 heavy (non-hydrogen) atoms. The van der Waals surface area contributed by atoms with Crippen LogP contribution in [0.1, 0.15) is 6.92 Å². The Morgan fingerprint density at radius 2 is 2.42 bits per heavy atom. The summed E-state index contributed by atoms with van der Waals surface area (Å²) in [4.78, 5) is 13.6. The van der Waals surface area contributed by atoms with Gasteiger partial charge in [0, 0.05) is 13.1 Å². The van der Waals surface area contributed by atoms with Crippen molar-refractivity contribution in [1.82, 2.24) is 4.90 Å². The summed E-state index contributed by atoms with van der Waals surface area (Å²) in [5.74, 6) is -0.265. The van der Waals surface area contributed by atoms with Crippen molar-refractivity contribution >= 4 is 17.5 Å². The smallest absolute Gasteiger partial charge is 0.260 e. The highest BCUT2D eigenvalue weighted by molar-refractivity contribution is 6.32. The van der Waals surface area contributed by atoms with E-state index in [1.54, 1.807) is 4.90 Å². The molecule has 0 radical (unpaired) electrons. The van der Waals surface area contributed by atoms with Crippen LogP contribution in [0.5, 0.6) is 5.75 Å². The Labute approximate surface area is 116 Å². The van der Waals surface area contributed by atoms with Crippen LogP contribution in [-0.4, -0.2) is 43.2 Å². The van der Waals surface area contributed by atoms with E-state index in [4.69, 9.17) is 21.1 Å². The van der Waals surface area contributed by atoms with E-state index in [9.17, 15) is 9.18 Å². The maximum Gasteiger partial charge on any atom is 0.260 e. The van der Waals surface area contributed by atoms with Gasteiger partial charge in [0.05, 0.1) is 17.7 Å². The predicted molar refractivity (Wildman–Crippen MR) is 68.9 cm³/mol. The summed E-state index contributed by atoms with van der Waals surface area (Å²) in [7, 11) is 0. The minimum atomic E-state index is -0.439. The fourth-order valence-electron chi connectivity index (χ4n) is 1.87. The zero-order valence-electron chi connectivity index (χ0n) is 10.6. The van der Waals surface area contributed by atoms with Crippen LogP contribution in [0.4, 0.5) is 4.39 Å². The van der Waals surface area contributed by atoms with Crippen molar-refractivity contribution < 1.29 is 18.7 Å². The quantitative estimate of drug-likeness (QED) is 0.855. The van der Waals surface area contributed by atoms with Crippen LogP contribution in [0.2, 0.25) is 5.02 Å². The topological polar surface area (TPSA) is 38.8 Å². The number of rotatable bonds is 3. The molecule has 1 aliphatic rings. The summed E-state index contributed by atoms with van der Waals surface area (Å²) >= 11 is 5.81. The Bertz CT molecular complexity index is 469. The number of nitrogens with zero attached hydrogens (tertiary/aromatic N) is 1. The molecule has 0 bridgehead atoms. The molecule has 0 saturated carbocycles. The lowest BCUT2D eigenvalue weighted by Crippen LogP contribution is -2.46. The van der Waals surface area contributed by atoms with Gasteiger partial charge in [0.15, 0.2) is 6.61 Å². The molecule has 0 aromatic heterocycles. The lowest BCUT2D eigenvalue weighted by Gasteiger charge is -2.31. The first-order valence-corrected chi connectivity index (χ1v) is 6.41.